The zero-order chi connectivity index (χ0) is 15.3. The molecule has 0 heterocycles. The van der Waals surface area contributed by atoms with Gasteiger partial charge in [-0.25, -0.2) is 9.18 Å². The Balaban J connectivity index is 3.06. The summed E-state index contributed by atoms with van der Waals surface area (Å²) in [6, 6.07) is 5.19. The Kier molecular flexibility index (Phi) is 5.86. The van der Waals surface area contributed by atoms with Crippen molar-refractivity contribution in [2.75, 3.05) is 0 Å². The van der Waals surface area contributed by atoms with E-state index in [1.165, 1.54) is 0 Å². The van der Waals surface area contributed by atoms with Gasteiger partial charge in [-0.2, -0.15) is 0 Å². The molecule has 0 spiro atoms. The molecule has 1 aromatic rings. The van der Waals surface area contributed by atoms with E-state index in [9.17, 15) is 14.0 Å². The van der Waals surface area contributed by atoms with Gasteiger partial charge >= 0.3 is 5.97 Å². The number of esters is 1. The first kappa shape index (κ1) is 16.3. The van der Waals surface area contributed by atoms with Gasteiger partial charge in [-0.15, -0.1) is 0 Å². The monoisotopic (exact) mass is 280 g/mol. The van der Waals surface area contributed by atoms with Crippen LogP contribution in [0.15, 0.2) is 18.2 Å². The largest absolute Gasteiger partial charge is 0.460 e. The second-order valence-corrected chi connectivity index (χ2v) is 4.86. The molecule has 0 N–H and O–H groups in total. The van der Waals surface area contributed by atoms with E-state index < -0.39 is 24.0 Å². The molecule has 1 unspecified atom stereocenters. The number of Topliss-reactive ketones (excluding diaryl/α,β-unsaturated/α-hetero) is 1. The van der Waals surface area contributed by atoms with Crippen molar-refractivity contribution in [3.63, 3.8) is 0 Å². The van der Waals surface area contributed by atoms with Gasteiger partial charge in [0.2, 0.25) is 5.78 Å². The zero-order valence-electron chi connectivity index (χ0n) is 12.4. The van der Waals surface area contributed by atoms with Gasteiger partial charge < -0.3 is 4.74 Å². The third-order valence-electron chi connectivity index (χ3n) is 3.06. The zero-order valence-corrected chi connectivity index (χ0v) is 12.4. The molecule has 3 nitrogen and oxygen atoms in total. The van der Waals surface area contributed by atoms with Gasteiger partial charge in [0.05, 0.1) is 6.10 Å². The number of carbonyl (C=O) groups is 2. The van der Waals surface area contributed by atoms with Crippen LogP contribution in [0.1, 0.15) is 49.2 Å². The SMILES string of the molecule is CCc1cccc(C(=O)C(F)C(=O)OC(C)C)c1CC. The Morgan fingerprint density at radius 3 is 2.35 bits per heavy atom. The third kappa shape index (κ3) is 3.65. The molecule has 1 rings (SSSR count). The van der Waals surface area contributed by atoms with Gasteiger partial charge in [0.25, 0.3) is 6.17 Å². The van der Waals surface area contributed by atoms with Crippen molar-refractivity contribution in [1.82, 2.24) is 0 Å². The van der Waals surface area contributed by atoms with Crippen molar-refractivity contribution in [3.05, 3.63) is 34.9 Å². The number of carbonyl (C=O) groups excluding carboxylic acids is 2. The fourth-order valence-corrected chi connectivity index (χ4v) is 2.15. The number of alkyl halides is 1. The fourth-order valence-electron chi connectivity index (χ4n) is 2.15. The molecule has 0 bridgehead atoms. The van der Waals surface area contributed by atoms with Gasteiger partial charge in [-0.3, -0.25) is 4.79 Å². The first-order chi connectivity index (χ1) is 9.42. The molecule has 0 aliphatic rings. The van der Waals surface area contributed by atoms with Crippen molar-refractivity contribution in [2.45, 2.75) is 52.8 Å². The van der Waals surface area contributed by atoms with E-state index in [1.807, 2.05) is 19.9 Å². The maximum absolute atomic E-state index is 14.0. The summed E-state index contributed by atoms with van der Waals surface area (Å²) in [7, 11) is 0. The molecule has 1 aromatic carbocycles. The Morgan fingerprint density at radius 1 is 1.20 bits per heavy atom. The molecule has 1 atom stereocenters. The molecule has 0 aliphatic carbocycles. The molecular weight excluding hydrogens is 259 g/mol. The Morgan fingerprint density at radius 2 is 1.85 bits per heavy atom. The van der Waals surface area contributed by atoms with Crippen LogP contribution in [0.4, 0.5) is 4.39 Å². The van der Waals surface area contributed by atoms with E-state index in [1.54, 1.807) is 26.0 Å². The summed E-state index contributed by atoms with van der Waals surface area (Å²) in [6.07, 6.45) is -1.31. The van der Waals surface area contributed by atoms with E-state index >= 15 is 0 Å². The van der Waals surface area contributed by atoms with Gasteiger partial charge in [-0.1, -0.05) is 32.0 Å². The summed E-state index contributed by atoms with van der Waals surface area (Å²) in [6.45, 7) is 7.11. The fraction of sp³-hybridized carbons (Fsp3) is 0.500. The lowest BCUT2D eigenvalue weighted by molar-refractivity contribution is -0.151. The molecule has 110 valence electrons. The highest BCUT2D eigenvalue weighted by atomic mass is 19.1. The summed E-state index contributed by atoms with van der Waals surface area (Å²) in [5.41, 5.74) is 2.09. The van der Waals surface area contributed by atoms with Crippen molar-refractivity contribution < 1.29 is 18.7 Å². The summed E-state index contributed by atoms with van der Waals surface area (Å²) < 4.78 is 18.7. The molecule has 4 heteroatoms. The van der Waals surface area contributed by atoms with Crippen LogP contribution in [0.2, 0.25) is 0 Å². The lowest BCUT2D eigenvalue weighted by Gasteiger charge is -2.14. The average Bonchev–Trinajstić information content (AvgIpc) is 2.43. The van der Waals surface area contributed by atoms with Crippen molar-refractivity contribution in [3.8, 4) is 0 Å². The number of hydrogen-bond donors (Lipinski definition) is 0. The quantitative estimate of drug-likeness (QED) is 0.456. The summed E-state index contributed by atoms with van der Waals surface area (Å²) in [5, 5.41) is 0. The van der Waals surface area contributed by atoms with Crippen LogP contribution < -0.4 is 0 Å². The minimum Gasteiger partial charge on any atom is -0.460 e. The molecule has 0 saturated heterocycles. The van der Waals surface area contributed by atoms with Crippen LogP contribution in [0.5, 0.6) is 0 Å². The first-order valence-corrected chi connectivity index (χ1v) is 6.91. The number of aryl methyl sites for hydroxylation is 1. The van der Waals surface area contributed by atoms with Crippen LogP contribution >= 0.6 is 0 Å². The first-order valence-electron chi connectivity index (χ1n) is 6.91. The number of ketones is 1. The molecule has 20 heavy (non-hydrogen) atoms. The van der Waals surface area contributed by atoms with E-state index in [0.717, 1.165) is 17.5 Å². The molecule has 0 fully saturated rings. The summed E-state index contributed by atoms with van der Waals surface area (Å²) in [4.78, 5) is 23.6. The smallest absolute Gasteiger partial charge is 0.349 e. The van der Waals surface area contributed by atoms with E-state index in [4.69, 9.17) is 4.74 Å². The number of ether oxygens (including phenoxy) is 1. The molecule has 0 aromatic heterocycles. The lowest BCUT2D eigenvalue weighted by atomic mass is 9.93. The second kappa shape index (κ2) is 7.17. The Labute approximate surface area is 119 Å². The minimum absolute atomic E-state index is 0.278. The maximum atomic E-state index is 14.0. The summed E-state index contributed by atoms with van der Waals surface area (Å²) >= 11 is 0. The van der Waals surface area contributed by atoms with Gasteiger partial charge in [0, 0.05) is 5.56 Å². The number of rotatable bonds is 6. The maximum Gasteiger partial charge on any atom is 0.349 e. The predicted molar refractivity (Wildman–Crippen MR) is 75.7 cm³/mol. The lowest BCUT2D eigenvalue weighted by Crippen LogP contribution is -2.30. The standard InChI is InChI=1S/C16H21FO3/c1-5-11-8-7-9-13(12(11)6-2)15(18)14(17)16(19)20-10(3)4/h7-10,14H,5-6H2,1-4H3. The van der Waals surface area contributed by atoms with Crippen molar-refractivity contribution >= 4 is 11.8 Å². The number of hydrogen-bond acceptors (Lipinski definition) is 3. The predicted octanol–water partition coefficient (Wildman–Crippen LogP) is 3.28. The van der Waals surface area contributed by atoms with Crippen molar-refractivity contribution in [1.29, 1.82) is 0 Å². The molecule has 0 saturated carbocycles. The van der Waals surface area contributed by atoms with Crippen LogP contribution in [0.3, 0.4) is 0 Å². The van der Waals surface area contributed by atoms with Gasteiger partial charge in [-0.05, 0) is 37.8 Å². The highest BCUT2D eigenvalue weighted by Gasteiger charge is 2.30. The normalized spacial score (nSPS) is 12.3. The molecule has 0 amide bonds. The van der Waals surface area contributed by atoms with Crippen LogP contribution in [-0.4, -0.2) is 24.0 Å². The van der Waals surface area contributed by atoms with Crippen LogP contribution in [-0.2, 0) is 22.4 Å². The minimum atomic E-state index is -2.25. The Bertz CT molecular complexity index is 494. The number of benzene rings is 1. The van der Waals surface area contributed by atoms with Gasteiger partial charge in [0.1, 0.15) is 0 Å². The topological polar surface area (TPSA) is 43.4 Å². The number of halogens is 1. The van der Waals surface area contributed by atoms with Crippen molar-refractivity contribution in [2.24, 2.45) is 0 Å². The van der Waals surface area contributed by atoms with Crippen LogP contribution in [0, 0.1) is 0 Å². The van der Waals surface area contributed by atoms with Crippen LogP contribution in [0.25, 0.3) is 0 Å². The average molecular weight is 280 g/mol. The summed E-state index contributed by atoms with van der Waals surface area (Å²) in [5.74, 6) is -1.93. The highest BCUT2D eigenvalue weighted by Crippen LogP contribution is 2.19. The van der Waals surface area contributed by atoms with E-state index in [-0.39, 0.29) is 5.56 Å². The van der Waals surface area contributed by atoms with Gasteiger partial charge in [0.15, 0.2) is 0 Å². The Hall–Kier alpha value is -1.71. The molecular formula is C16H21FO3. The van der Waals surface area contributed by atoms with E-state index in [0.29, 0.717) is 6.42 Å². The third-order valence-corrected chi connectivity index (χ3v) is 3.06. The second-order valence-electron chi connectivity index (χ2n) is 4.86. The molecule has 0 radical (unpaired) electrons. The highest BCUT2D eigenvalue weighted by molar-refractivity contribution is 6.11. The van der Waals surface area contributed by atoms with E-state index in [2.05, 4.69) is 0 Å². The molecule has 0 aliphatic heterocycles.